The van der Waals surface area contributed by atoms with Gasteiger partial charge in [-0.05, 0) is 37.2 Å². The number of aromatic nitrogens is 2. The minimum atomic E-state index is -0.458. The number of amides is 1. The van der Waals surface area contributed by atoms with Gasteiger partial charge in [-0.1, -0.05) is 30.7 Å². The lowest BCUT2D eigenvalue weighted by atomic mass is 10.2. The average Bonchev–Trinajstić information content (AvgIpc) is 2.66. The molecule has 29 heavy (non-hydrogen) atoms. The number of nitrogens with zero attached hydrogens (tertiary/aromatic N) is 3. The van der Waals surface area contributed by atoms with Crippen LogP contribution >= 0.6 is 11.6 Å². The molecule has 0 saturated carbocycles. The fraction of sp³-hybridized carbons (Fsp3) is 0.286. The molecule has 1 heterocycles. The molecule has 3 aromatic rings. The number of fused-ring (bicyclic) bond motifs is 1. The Morgan fingerprint density at radius 1 is 1.28 bits per heavy atom. The lowest BCUT2D eigenvalue weighted by Gasteiger charge is -2.25. The highest BCUT2D eigenvalue weighted by atomic mass is 35.5. The van der Waals surface area contributed by atoms with Crippen molar-refractivity contribution in [3.63, 3.8) is 0 Å². The first-order valence-electron chi connectivity index (χ1n) is 9.22. The van der Waals surface area contributed by atoms with E-state index in [1.54, 1.807) is 13.1 Å². The summed E-state index contributed by atoms with van der Waals surface area (Å²) in [7, 11) is 1.68. The zero-order valence-electron chi connectivity index (χ0n) is 16.5. The second-order valence-corrected chi connectivity index (χ2v) is 7.24. The number of hydrogen-bond donors (Lipinski definition) is 1. The van der Waals surface area contributed by atoms with Gasteiger partial charge in [-0.2, -0.15) is 0 Å². The van der Waals surface area contributed by atoms with Crippen LogP contribution in [0.3, 0.4) is 0 Å². The van der Waals surface area contributed by atoms with Crippen LogP contribution in [0.5, 0.6) is 0 Å². The predicted octanol–water partition coefficient (Wildman–Crippen LogP) is 3.51. The number of hydrogen-bond acceptors (Lipinski definition) is 4. The van der Waals surface area contributed by atoms with Gasteiger partial charge in [0.2, 0.25) is 5.91 Å². The lowest BCUT2D eigenvalue weighted by Crippen LogP contribution is -2.39. The molecule has 0 fully saturated rings. The molecule has 0 atom stereocenters. The maximum Gasteiger partial charge on any atom is 0.258 e. The number of rotatable bonds is 6. The fourth-order valence-corrected chi connectivity index (χ4v) is 3.55. The number of carbonyl (C=O) groups is 1. The second kappa shape index (κ2) is 8.71. The SMILES string of the molecule is CCN(CC(=O)N(C)c1c(C)cccc1Cl)Cc1nc2cc(F)ccc2c(=O)[nH]1. The zero-order valence-corrected chi connectivity index (χ0v) is 17.3. The van der Waals surface area contributed by atoms with Crippen molar-refractivity contribution in [1.29, 1.82) is 0 Å². The molecule has 2 aromatic carbocycles. The van der Waals surface area contributed by atoms with Gasteiger partial charge >= 0.3 is 0 Å². The maximum atomic E-state index is 13.5. The van der Waals surface area contributed by atoms with Crippen LogP contribution in [0.25, 0.3) is 10.9 Å². The Balaban J connectivity index is 1.79. The van der Waals surface area contributed by atoms with E-state index < -0.39 is 5.82 Å². The normalized spacial score (nSPS) is 11.2. The van der Waals surface area contributed by atoms with E-state index in [2.05, 4.69) is 9.97 Å². The summed E-state index contributed by atoms with van der Waals surface area (Å²) in [4.78, 5) is 35.5. The molecule has 0 saturated heterocycles. The van der Waals surface area contributed by atoms with Gasteiger partial charge < -0.3 is 9.88 Å². The van der Waals surface area contributed by atoms with Crippen molar-refractivity contribution in [2.24, 2.45) is 0 Å². The van der Waals surface area contributed by atoms with Crippen LogP contribution in [-0.2, 0) is 11.3 Å². The molecule has 0 aliphatic heterocycles. The average molecular weight is 417 g/mol. The van der Waals surface area contributed by atoms with E-state index in [9.17, 15) is 14.0 Å². The van der Waals surface area contributed by atoms with E-state index >= 15 is 0 Å². The Labute approximate surface area is 172 Å². The summed E-state index contributed by atoms with van der Waals surface area (Å²) in [5.41, 5.74) is 1.52. The van der Waals surface area contributed by atoms with E-state index in [-0.39, 0.29) is 30.1 Å². The van der Waals surface area contributed by atoms with E-state index in [1.807, 2.05) is 30.9 Å². The Bertz CT molecular complexity index is 1100. The molecule has 6 nitrogen and oxygen atoms in total. The number of likely N-dealkylation sites (N-methyl/N-ethyl adjacent to an activating group) is 2. The van der Waals surface area contributed by atoms with Gasteiger partial charge in [-0.3, -0.25) is 14.5 Å². The molecule has 0 aliphatic carbocycles. The number of H-pyrrole nitrogens is 1. The molecule has 8 heteroatoms. The van der Waals surface area contributed by atoms with Gasteiger partial charge in [0.15, 0.2) is 0 Å². The van der Waals surface area contributed by atoms with Crippen molar-refractivity contribution in [2.45, 2.75) is 20.4 Å². The van der Waals surface area contributed by atoms with E-state index in [1.165, 1.54) is 23.1 Å². The van der Waals surface area contributed by atoms with Crippen molar-refractivity contribution in [1.82, 2.24) is 14.9 Å². The Morgan fingerprint density at radius 3 is 2.72 bits per heavy atom. The topological polar surface area (TPSA) is 69.3 Å². The summed E-state index contributed by atoms with van der Waals surface area (Å²) < 4.78 is 13.5. The van der Waals surface area contributed by atoms with Gasteiger partial charge in [-0.25, -0.2) is 9.37 Å². The third-order valence-corrected chi connectivity index (χ3v) is 5.10. The van der Waals surface area contributed by atoms with Crippen molar-refractivity contribution >= 4 is 34.1 Å². The van der Waals surface area contributed by atoms with Crippen LogP contribution in [0, 0.1) is 12.7 Å². The van der Waals surface area contributed by atoms with Crippen molar-refractivity contribution in [2.75, 3.05) is 25.0 Å². The standard InChI is InChI=1S/C21H22ClFN4O2/c1-4-27(12-19(28)26(3)20-13(2)6-5-7-16(20)22)11-18-24-17-10-14(23)8-9-15(17)21(29)25-18/h5-10H,4,11-12H2,1-3H3,(H,24,25,29). The summed E-state index contributed by atoms with van der Waals surface area (Å²) >= 11 is 6.27. The third-order valence-electron chi connectivity index (χ3n) is 4.80. The quantitative estimate of drug-likeness (QED) is 0.667. The molecule has 1 aromatic heterocycles. The molecule has 0 aliphatic rings. The largest absolute Gasteiger partial charge is 0.313 e. The van der Waals surface area contributed by atoms with Crippen LogP contribution in [0.4, 0.5) is 10.1 Å². The van der Waals surface area contributed by atoms with Gasteiger partial charge in [0.05, 0.1) is 34.7 Å². The Morgan fingerprint density at radius 2 is 2.03 bits per heavy atom. The van der Waals surface area contributed by atoms with Gasteiger partial charge in [0.1, 0.15) is 11.6 Å². The highest BCUT2D eigenvalue weighted by Gasteiger charge is 2.19. The van der Waals surface area contributed by atoms with Crippen LogP contribution in [0.1, 0.15) is 18.3 Å². The third kappa shape index (κ3) is 4.63. The monoisotopic (exact) mass is 416 g/mol. The first-order valence-corrected chi connectivity index (χ1v) is 9.60. The van der Waals surface area contributed by atoms with Crippen molar-refractivity contribution < 1.29 is 9.18 Å². The molecular weight excluding hydrogens is 395 g/mol. The number of carbonyl (C=O) groups excluding carboxylic acids is 1. The number of anilines is 1. The lowest BCUT2D eigenvalue weighted by molar-refractivity contribution is -0.119. The van der Waals surface area contributed by atoms with Crippen LogP contribution in [-0.4, -0.2) is 40.9 Å². The summed E-state index contributed by atoms with van der Waals surface area (Å²) in [5, 5.41) is 0.828. The van der Waals surface area contributed by atoms with Gasteiger partial charge in [0, 0.05) is 13.1 Å². The van der Waals surface area contributed by atoms with Crippen LogP contribution in [0.15, 0.2) is 41.2 Å². The predicted molar refractivity (Wildman–Crippen MR) is 113 cm³/mol. The Kier molecular flexibility index (Phi) is 6.30. The number of halogens is 2. The first-order chi connectivity index (χ1) is 13.8. The highest BCUT2D eigenvalue weighted by molar-refractivity contribution is 6.34. The van der Waals surface area contributed by atoms with E-state index in [0.29, 0.717) is 28.5 Å². The summed E-state index contributed by atoms with van der Waals surface area (Å²) in [6.07, 6.45) is 0. The molecule has 0 radical (unpaired) electrons. The highest BCUT2D eigenvalue weighted by Crippen LogP contribution is 2.28. The summed E-state index contributed by atoms with van der Waals surface area (Å²) in [6, 6.07) is 9.33. The number of aromatic amines is 1. The fourth-order valence-electron chi connectivity index (χ4n) is 3.20. The van der Waals surface area contributed by atoms with E-state index in [4.69, 9.17) is 11.6 Å². The summed E-state index contributed by atoms with van der Waals surface area (Å²) in [6.45, 7) is 4.73. The number of benzene rings is 2. The minimum Gasteiger partial charge on any atom is -0.313 e. The molecule has 0 spiro atoms. The molecule has 0 unspecified atom stereocenters. The molecule has 0 bridgehead atoms. The smallest absolute Gasteiger partial charge is 0.258 e. The molecule has 152 valence electrons. The van der Waals surface area contributed by atoms with Gasteiger partial charge in [-0.15, -0.1) is 0 Å². The molecular formula is C21H22ClFN4O2. The molecule has 3 rings (SSSR count). The zero-order chi connectivity index (χ0) is 21.1. The van der Waals surface area contributed by atoms with E-state index in [0.717, 1.165) is 5.56 Å². The first kappa shape index (κ1) is 21.0. The number of para-hydroxylation sites is 1. The maximum absolute atomic E-state index is 13.5. The molecule has 1 amide bonds. The van der Waals surface area contributed by atoms with Gasteiger partial charge in [0.25, 0.3) is 5.56 Å². The summed E-state index contributed by atoms with van der Waals surface area (Å²) in [5.74, 6) is -0.225. The molecule has 1 N–H and O–H groups in total. The van der Waals surface area contributed by atoms with Crippen LogP contribution < -0.4 is 10.5 Å². The van der Waals surface area contributed by atoms with Crippen molar-refractivity contribution in [3.8, 4) is 0 Å². The number of aryl methyl sites for hydroxylation is 1. The Hall–Kier alpha value is -2.77. The second-order valence-electron chi connectivity index (χ2n) is 6.84. The van der Waals surface area contributed by atoms with Crippen molar-refractivity contribution in [3.05, 3.63) is 69.0 Å². The van der Waals surface area contributed by atoms with Crippen LogP contribution in [0.2, 0.25) is 5.02 Å². The minimum absolute atomic E-state index is 0.114. The number of nitrogens with one attached hydrogen (secondary N) is 1.